The van der Waals surface area contributed by atoms with Crippen LogP contribution in [0.2, 0.25) is 0 Å². The molecule has 4 rings (SSSR count). The van der Waals surface area contributed by atoms with Crippen molar-refractivity contribution < 1.29 is 23.4 Å². The van der Waals surface area contributed by atoms with Gasteiger partial charge in [0.25, 0.3) is 5.92 Å². The summed E-state index contributed by atoms with van der Waals surface area (Å²) in [7, 11) is 0. The van der Waals surface area contributed by atoms with Gasteiger partial charge < -0.3 is 25.0 Å². The van der Waals surface area contributed by atoms with Crippen molar-refractivity contribution >= 4 is 28.8 Å². The number of fused-ring (bicyclic) bond motifs is 2. The van der Waals surface area contributed by atoms with E-state index < -0.39 is 30.5 Å². The summed E-state index contributed by atoms with van der Waals surface area (Å²) in [6.45, 7) is 6.97. The summed E-state index contributed by atoms with van der Waals surface area (Å²) in [6.07, 6.45) is -0.0362. The number of hydrogen-bond acceptors (Lipinski definition) is 6. The molecular weight excluding hydrogens is 454 g/mol. The number of amides is 1. The van der Waals surface area contributed by atoms with Gasteiger partial charge in [-0.1, -0.05) is 6.07 Å². The molecule has 0 bridgehead atoms. The summed E-state index contributed by atoms with van der Waals surface area (Å²) in [5.41, 5.74) is 2.95. The number of aliphatic hydroxyl groups is 1. The number of aliphatic hydroxyl groups excluding tert-OH is 1. The first kappa shape index (κ1) is 25.3. The second-order valence-corrected chi connectivity index (χ2v) is 9.33. The lowest BCUT2D eigenvalue weighted by atomic mass is 9.83. The van der Waals surface area contributed by atoms with E-state index in [1.165, 1.54) is 0 Å². The fourth-order valence-corrected chi connectivity index (χ4v) is 5.00. The fourth-order valence-electron chi connectivity index (χ4n) is 5.00. The van der Waals surface area contributed by atoms with Crippen molar-refractivity contribution in [3.05, 3.63) is 42.1 Å². The second-order valence-electron chi connectivity index (χ2n) is 9.33. The average Bonchev–Trinajstić information content (AvgIpc) is 2.99. The Kier molecular flexibility index (Phi) is 7.56. The van der Waals surface area contributed by atoms with Crippen molar-refractivity contribution in [2.75, 3.05) is 34.8 Å². The van der Waals surface area contributed by atoms with Crippen LogP contribution in [0.25, 0.3) is 0 Å². The van der Waals surface area contributed by atoms with Gasteiger partial charge in [-0.3, -0.25) is 4.79 Å². The maximum atomic E-state index is 14.8. The minimum atomic E-state index is -3.06. The zero-order valence-corrected chi connectivity index (χ0v) is 20.5. The number of ether oxygens (including phenoxy) is 1. The first-order valence-corrected chi connectivity index (χ1v) is 12.3. The Morgan fingerprint density at radius 3 is 2.83 bits per heavy atom. The van der Waals surface area contributed by atoms with Crippen LogP contribution in [-0.2, 0) is 16.1 Å². The third-order valence-corrected chi connectivity index (χ3v) is 6.73. The number of pyridine rings is 1. The number of benzene rings is 1. The number of anilines is 4. The molecule has 1 aromatic heterocycles. The van der Waals surface area contributed by atoms with Gasteiger partial charge in [0.05, 0.1) is 24.0 Å². The molecule has 2 aromatic rings. The van der Waals surface area contributed by atoms with Gasteiger partial charge in [0.15, 0.2) is 0 Å². The first-order chi connectivity index (χ1) is 16.7. The lowest BCUT2D eigenvalue weighted by Gasteiger charge is -2.37. The Morgan fingerprint density at radius 1 is 1.34 bits per heavy atom. The Hall–Kier alpha value is -2.78. The van der Waals surface area contributed by atoms with E-state index in [1.807, 2.05) is 36.1 Å². The highest BCUT2D eigenvalue weighted by molar-refractivity contribution is 6.00. The Morgan fingerprint density at radius 2 is 2.14 bits per heavy atom. The quantitative estimate of drug-likeness (QED) is 0.587. The van der Waals surface area contributed by atoms with Crippen molar-refractivity contribution in [3.8, 4) is 0 Å². The summed E-state index contributed by atoms with van der Waals surface area (Å²) >= 11 is 0. The Balaban J connectivity index is 1.70. The molecule has 1 aromatic carbocycles. The van der Waals surface area contributed by atoms with Gasteiger partial charge in [-0.05, 0) is 57.9 Å². The topological polar surface area (TPSA) is 77.9 Å². The zero-order chi connectivity index (χ0) is 25.2. The number of carbonyl (C=O) groups excluding carboxylic acids is 1. The molecule has 0 saturated heterocycles. The number of likely N-dealkylation sites (N-methyl/N-ethyl adjacent to an activating group) is 1. The second kappa shape index (κ2) is 10.5. The fraction of sp³-hybridized carbons (Fsp3) is 0.538. The van der Waals surface area contributed by atoms with Gasteiger partial charge in [0.1, 0.15) is 11.9 Å². The van der Waals surface area contributed by atoms with Gasteiger partial charge >= 0.3 is 0 Å². The number of carbonyl (C=O) groups is 1. The van der Waals surface area contributed by atoms with Crippen LogP contribution in [0, 0.1) is 5.92 Å². The van der Waals surface area contributed by atoms with E-state index in [0.29, 0.717) is 36.7 Å². The lowest BCUT2D eigenvalue weighted by molar-refractivity contribution is -0.170. The summed E-state index contributed by atoms with van der Waals surface area (Å²) in [6, 6.07) is 9.37. The maximum absolute atomic E-state index is 14.8. The van der Waals surface area contributed by atoms with Gasteiger partial charge in [0.2, 0.25) is 5.91 Å². The molecule has 1 aliphatic carbocycles. The van der Waals surface area contributed by atoms with Crippen LogP contribution in [0.5, 0.6) is 0 Å². The van der Waals surface area contributed by atoms with Crippen LogP contribution < -0.4 is 15.1 Å². The molecule has 2 aliphatic rings. The predicted molar refractivity (Wildman–Crippen MR) is 132 cm³/mol. The molecule has 1 amide bonds. The van der Waals surface area contributed by atoms with Gasteiger partial charge in [-0.15, -0.1) is 0 Å². The number of nitrogens with one attached hydrogen (secondary N) is 1. The number of rotatable bonds is 7. The minimum Gasteiger partial charge on any atom is -0.392 e. The number of hydrogen-bond donors (Lipinski definition) is 2. The van der Waals surface area contributed by atoms with Crippen LogP contribution in [0.4, 0.5) is 31.7 Å². The van der Waals surface area contributed by atoms with E-state index in [2.05, 4.69) is 10.3 Å². The standard InChI is InChI=1S/C26H34F2N4O3/c1-4-31(15-17(3)33)20-9-10-21-22(13-20)32(16-19-7-6-12-29-24(19)30-21)25(34)18-8-11-23(35-5-2)26(27,28)14-18/h6-7,9-10,12-13,17-18,23,33H,4-5,8,11,14-16H2,1-3H3,(H,29,30)/t17?,18?,23-/m0/s1. The summed E-state index contributed by atoms with van der Waals surface area (Å²) in [5.74, 6) is -3.55. The maximum Gasteiger partial charge on any atom is 0.274 e. The third kappa shape index (κ3) is 5.41. The Labute approximate surface area is 205 Å². The number of aromatic nitrogens is 1. The van der Waals surface area contributed by atoms with Crippen molar-refractivity contribution in [2.45, 2.75) is 64.7 Å². The normalized spacial score (nSPS) is 21.8. The molecule has 2 heterocycles. The molecule has 7 nitrogen and oxygen atoms in total. The SMILES string of the molecule is CCO[C@H]1CCC(C(=O)N2Cc3cccnc3Nc3ccc(N(CC)CC(C)O)cc32)CC1(F)F. The summed E-state index contributed by atoms with van der Waals surface area (Å²) in [4.78, 5) is 21.9. The van der Waals surface area contributed by atoms with Gasteiger partial charge in [-0.25, -0.2) is 13.8 Å². The zero-order valence-electron chi connectivity index (χ0n) is 20.5. The van der Waals surface area contributed by atoms with Gasteiger partial charge in [-0.2, -0.15) is 0 Å². The minimum absolute atomic E-state index is 0.145. The Bertz CT molecular complexity index is 1050. The van der Waals surface area contributed by atoms with E-state index in [4.69, 9.17) is 4.74 Å². The smallest absolute Gasteiger partial charge is 0.274 e. The largest absolute Gasteiger partial charge is 0.392 e. The molecule has 2 unspecified atom stereocenters. The van der Waals surface area contributed by atoms with Crippen molar-refractivity contribution in [2.24, 2.45) is 5.92 Å². The van der Waals surface area contributed by atoms with E-state index in [1.54, 1.807) is 31.0 Å². The monoisotopic (exact) mass is 488 g/mol. The van der Waals surface area contributed by atoms with Crippen molar-refractivity contribution in [1.82, 2.24) is 4.98 Å². The summed E-state index contributed by atoms with van der Waals surface area (Å²) < 4.78 is 34.9. The van der Waals surface area contributed by atoms with Crippen molar-refractivity contribution in [3.63, 3.8) is 0 Å². The first-order valence-electron chi connectivity index (χ1n) is 12.3. The van der Waals surface area contributed by atoms with Crippen LogP contribution in [0.15, 0.2) is 36.5 Å². The molecule has 190 valence electrons. The highest BCUT2D eigenvalue weighted by Crippen LogP contribution is 2.43. The van der Waals surface area contributed by atoms with Crippen LogP contribution in [-0.4, -0.2) is 53.8 Å². The molecule has 0 radical (unpaired) electrons. The van der Waals surface area contributed by atoms with E-state index in [-0.39, 0.29) is 25.5 Å². The molecule has 2 N–H and O–H groups in total. The lowest BCUT2D eigenvalue weighted by Crippen LogP contribution is -2.47. The van der Waals surface area contributed by atoms with Crippen LogP contribution in [0.3, 0.4) is 0 Å². The molecule has 1 aliphatic heterocycles. The van der Waals surface area contributed by atoms with Crippen LogP contribution in [0.1, 0.15) is 45.6 Å². The molecule has 3 atom stereocenters. The molecule has 1 fully saturated rings. The number of halogens is 2. The highest BCUT2D eigenvalue weighted by Gasteiger charge is 2.48. The van der Waals surface area contributed by atoms with Gasteiger partial charge in [0, 0.05) is 49.5 Å². The third-order valence-electron chi connectivity index (χ3n) is 6.73. The van der Waals surface area contributed by atoms with E-state index in [9.17, 15) is 18.7 Å². The predicted octanol–water partition coefficient (Wildman–Crippen LogP) is 4.72. The van der Waals surface area contributed by atoms with Crippen LogP contribution >= 0.6 is 0 Å². The molecule has 0 spiro atoms. The van der Waals surface area contributed by atoms with Crippen molar-refractivity contribution in [1.29, 1.82) is 0 Å². The molecular formula is C26H34F2N4O3. The average molecular weight is 489 g/mol. The summed E-state index contributed by atoms with van der Waals surface area (Å²) in [5, 5.41) is 13.2. The molecule has 9 heteroatoms. The van der Waals surface area contributed by atoms with E-state index >= 15 is 0 Å². The molecule has 35 heavy (non-hydrogen) atoms. The highest BCUT2D eigenvalue weighted by atomic mass is 19.3. The molecule has 1 saturated carbocycles. The number of nitrogens with zero attached hydrogens (tertiary/aromatic N) is 3. The van der Waals surface area contributed by atoms with E-state index in [0.717, 1.165) is 11.3 Å². The number of alkyl halides is 2.